The zero-order valence-electron chi connectivity index (χ0n) is 15.7. The van der Waals surface area contributed by atoms with E-state index in [0.717, 1.165) is 17.9 Å². The van der Waals surface area contributed by atoms with Crippen LogP contribution in [0.1, 0.15) is 32.1 Å². The molecule has 2 aliphatic rings. The number of primary amides is 1. The summed E-state index contributed by atoms with van der Waals surface area (Å²) in [5, 5.41) is 0. The second kappa shape index (κ2) is 8.13. The molecule has 27 heavy (non-hydrogen) atoms. The molecule has 0 bridgehead atoms. The van der Waals surface area contributed by atoms with Crippen LogP contribution in [-0.2, 0) is 11.3 Å². The Morgan fingerprint density at radius 1 is 1.22 bits per heavy atom. The number of imidazole rings is 1. The number of fused-ring (bicyclic) bond motifs is 1. The Hall–Kier alpha value is -2.34. The van der Waals surface area contributed by atoms with Crippen LogP contribution >= 0.6 is 0 Å². The summed E-state index contributed by atoms with van der Waals surface area (Å²) >= 11 is 0. The van der Waals surface area contributed by atoms with Crippen LogP contribution in [0.2, 0.25) is 0 Å². The molecule has 2 aromatic rings. The number of carbonyl (C=O) groups excluding carboxylic acids is 1. The molecule has 4 rings (SSSR count). The summed E-state index contributed by atoms with van der Waals surface area (Å²) in [6, 6.07) is 8.43. The van der Waals surface area contributed by atoms with Gasteiger partial charge in [-0.25, -0.2) is 4.98 Å². The number of hydrogen-bond donors (Lipinski definition) is 1. The number of carbonyl (C=O) groups is 1. The van der Waals surface area contributed by atoms with Crippen LogP contribution in [-0.4, -0.2) is 46.1 Å². The van der Waals surface area contributed by atoms with E-state index in [9.17, 15) is 4.79 Å². The lowest BCUT2D eigenvalue weighted by Gasteiger charge is -2.44. The molecule has 6 nitrogen and oxygen atoms in total. The first-order valence-electron chi connectivity index (χ1n) is 9.97. The predicted octanol–water partition coefficient (Wildman–Crippen LogP) is 2.68. The summed E-state index contributed by atoms with van der Waals surface area (Å²) < 4.78 is 7.72. The average Bonchev–Trinajstić information content (AvgIpc) is 3.15. The van der Waals surface area contributed by atoms with Crippen molar-refractivity contribution in [1.29, 1.82) is 0 Å². The maximum absolute atomic E-state index is 11.0. The number of piperidine rings is 2. The summed E-state index contributed by atoms with van der Waals surface area (Å²) in [7, 11) is 0. The van der Waals surface area contributed by atoms with Gasteiger partial charge in [-0.1, -0.05) is 18.6 Å². The van der Waals surface area contributed by atoms with Gasteiger partial charge in [0.1, 0.15) is 11.6 Å². The van der Waals surface area contributed by atoms with Crippen molar-refractivity contribution >= 4 is 5.91 Å². The van der Waals surface area contributed by atoms with E-state index in [1.165, 1.54) is 45.2 Å². The summed E-state index contributed by atoms with van der Waals surface area (Å²) in [4.78, 5) is 18.2. The molecule has 0 radical (unpaired) electrons. The number of rotatable bonds is 6. The molecular weight excluding hydrogens is 340 g/mol. The molecule has 1 amide bonds. The van der Waals surface area contributed by atoms with Gasteiger partial charge in [0, 0.05) is 30.5 Å². The monoisotopic (exact) mass is 368 g/mol. The number of nitrogens with two attached hydrogens (primary N) is 1. The van der Waals surface area contributed by atoms with Gasteiger partial charge in [-0.15, -0.1) is 0 Å². The van der Waals surface area contributed by atoms with Crippen LogP contribution in [0, 0.1) is 5.92 Å². The highest BCUT2D eigenvalue weighted by Gasteiger charge is 2.33. The number of nitrogens with zero attached hydrogens (tertiary/aromatic N) is 3. The molecule has 1 aromatic heterocycles. The smallest absolute Gasteiger partial charge is 0.255 e. The highest BCUT2D eigenvalue weighted by molar-refractivity contribution is 5.75. The minimum atomic E-state index is -0.476. The Balaban J connectivity index is 1.51. The quantitative estimate of drug-likeness (QED) is 0.851. The molecule has 0 saturated carbocycles. The zero-order valence-corrected chi connectivity index (χ0v) is 15.7. The number of aromatic nitrogens is 2. The van der Waals surface area contributed by atoms with E-state index in [1.807, 2.05) is 30.5 Å². The zero-order chi connectivity index (χ0) is 18.6. The molecule has 2 atom stereocenters. The summed E-state index contributed by atoms with van der Waals surface area (Å²) in [6.45, 7) is 3.41. The van der Waals surface area contributed by atoms with Gasteiger partial charge >= 0.3 is 0 Å². The fourth-order valence-corrected chi connectivity index (χ4v) is 4.64. The van der Waals surface area contributed by atoms with E-state index in [1.54, 1.807) is 0 Å². The highest BCUT2D eigenvalue weighted by atomic mass is 16.5. The lowest BCUT2D eigenvalue weighted by Crippen LogP contribution is -2.49. The molecule has 1 aromatic carbocycles. The maximum Gasteiger partial charge on any atom is 0.255 e. The van der Waals surface area contributed by atoms with Crippen molar-refractivity contribution in [1.82, 2.24) is 14.5 Å². The maximum atomic E-state index is 11.0. The van der Waals surface area contributed by atoms with Gasteiger partial charge in [0.05, 0.1) is 0 Å². The highest BCUT2D eigenvalue weighted by Crippen LogP contribution is 2.33. The van der Waals surface area contributed by atoms with Crippen molar-refractivity contribution in [3.63, 3.8) is 0 Å². The van der Waals surface area contributed by atoms with Crippen LogP contribution in [0.15, 0.2) is 36.7 Å². The minimum absolute atomic E-state index is 0.114. The number of benzene rings is 1. The third-order valence-electron chi connectivity index (χ3n) is 5.85. The number of hydrogen-bond acceptors (Lipinski definition) is 4. The van der Waals surface area contributed by atoms with Gasteiger partial charge in [0.2, 0.25) is 0 Å². The predicted molar refractivity (Wildman–Crippen MR) is 104 cm³/mol. The van der Waals surface area contributed by atoms with E-state index >= 15 is 0 Å². The largest absolute Gasteiger partial charge is 0.484 e. The molecule has 144 valence electrons. The van der Waals surface area contributed by atoms with E-state index in [-0.39, 0.29) is 6.61 Å². The fourth-order valence-electron chi connectivity index (χ4n) is 4.64. The first kappa shape index (κ1) is 18.0. The summed E-state index contributed by atoms with van der Waals surface area (Å²) in [5.41, 5.74) is 6.17. The van der Waals surface area contributed by atoms with Crippen molar-refractivity contribution in [2.24, 2.45) is 11.7 Å². The minimum Gasteiger partial charge on any atom is -0.484 e. The van der Waals surface area contributed by atoms with E-state index < -0.39 is 5.91 Å². The molecular formula is C21H28N4O2. The first-order chi connectivity index (χ1) is 13.2. The molecule has 2 saturated heterocycles. The topological polar surface area (TPSA) is 73.4 Å². The standard InChI is InChI=1S/C21H28N4O2/c22-20(26)15-27-18-7-3-5-16(13-18)21-23-9-12-25(21)14-17-6-4-11-24-10-2-1-8-19(17)24/h3,5,7,9,12-13,17,19H,1-2,4,6,8,10-11,14-15H2,(H2,22,26)/t17-,19+/m0/s1. The van der Waals surface area contributed by atoms with E-state index in [0.29, 0.717) is 17.7 Å². The van der Waals surface area contributed by atoms with Gasteiger partial charge in [0.15, 0.2) is 6.61 Å². The van der Waals surface area contributed by atoms with Crippen LogP contribution in [0.5, 0.6) is 5.75 Å². The van der Waals surface area contributed by atoms with Crippen molar-refractivity contribution in [2.45, 2.75) is 44.7 Å². The Bertz CT molecular complexity index is 786. The molecule has 0 unspecified atom stereocenters. The lowest BCUT2D eigenvalue weighted by atomic mass is 9.83. The molecule has 0 aliphatic carbocycles. The van der Waals surface area contributed by atoms with E-state index in [4.69, 9.17) is 10.5 Å². The molecule has 6 heteroatoms. The normalized spacial score (nSPS) is 23.0. The lowest BCUT2D eigenvalue weighted by molar-refractivity contribution is -0.119. The molecule has 3 heterocycles. The van der Waals surface area contributed by atoms with Gasteiger partial charge in [0.25, 0.3) is 5.91 Å². The Kier molecular flexibility index (Phi) is 5.43. The van der Waals surface area contributed by atoms with Crippen molar-refractivity contribution in [2.75, 3.05) is 19.7 Å². The summed E-state index contributed by atoms with van der Waals surface area (Å²) in [5.74, 6) is 1.79. The Morgan fingerprint density at radius 2 is 2.11 bits per heavy atom. The average molecular weight is 368 g/mol. The fraction of sp³-hybridized carbons (Fsp3) is 0.524. The van der Waals surface area contributed by atoms with Crippen LogP contribution in [0.3, 0.4) is 0 Å². The van der Waals surface area contributed by atoms with Crippen LogP contribution < -0.4 is 10.5 Å². The van der Waals surface area contributed by atoms with Crippen molar-refractivity contribution < 1.29 is 9.53 Å². The number of ether oxygens (including phenoxy) is 1. The second-order valence-corrected chi connectivity index (χ2v) is 7.69. The van der Waals surface area contributed by atoms with Crippen molar-refractivity contribution in [3.05, 3.63) is 36.7 Å². The summed E-state index contributed by atoms with van der Waals surface area (Å²) in [6.07, 6.45) is 10.6. The molecule has 2 N–H and O–H groups in total. The second-order valence-electron chi connectivity index (χ2n) is 7.69. The van der Waals surface area contributed by atoms with Crippen LogP contribution in [0.25, 0.3) is 11.4 Å². The SMILES string of the molecule is NC(=O)COc1cccc(-c2nccn2C[C@@H]2CCCN3CCCC[C@H]23)c1. The van der Waals surface area contributed by atoms with Gasteiger partial charge < -0.3 is 19.9 Å². The van der Waals surface area contributed by atoms with Crippen LogP contribution in [0.4, 0.5) is 0 Å². The van der Waals surface area contributed by atoms with Gasteiger partial charge in [-0.3, -0.25) is 4.79 Å². The van der Waals surface area contributed by atoms with Gasteiger partial charge in [-0.05, 0) is 56.8 Å². The third kappa shape index (κ3) is 4.16. The van der Waals surface area contributed by atoms with E-state index in [2.05, 4.69) is 20.6 Å². The molecule has 2 aliphatic heterocycles. The third-order valence-corrected chi connectivity index (χ3v) is 5.85. The molecule has 0 spiro atoms. The number of amides is 1. The first-order valence-corrected chi connectivity index (χ1v) is 9.97. The van der Waals surface area contributed by atoms with Crippen molar-refractivity contribution in [3.8, 4) is 17.1 Å². The van der Waals surface area contributed by atoms with Gasteiger partial charge in [-0.2, -0.15) is 0 Å². The Morgan fingerprint density at radius 3 is 3.00 bits per heavy atom. The molecule has 2 fully saturated rings. The Labute approximate surface area is 160 Å².